The number of aromatic nitrogens is 1. The van der Waals surface area contributed by atoms with Crippen molar-refractivity contribution in [2.45, 2.75) is 53.9 Å². The van der Waals surface area contributed by atoms with Crippen LogP contribution in [0.25, 0.3) is 11.3 Å². The maximum atomic E-state index is 12.2. The van der Waals surface area contributed by atoms with Gasteiger partial charge in [-0.25, -0.2) is 0 Å². The molecular formula is C27H38Cl2N4O. The molecule has 0 atom stereocenters. The second-order valence-corrected chi connectivity index (χ2v) is 8.56. The van der Waals surface area contributed by atoms with E-state index in [1.807, 2.05) is 26.1 Å². The van der Waals surface area contributed by atoms with Crippen LogP contribution in [-0.4, -0.2) is 48.1 Å². The Balaban J connectivity index is 0.00000281. The van der Waals surface area contributed by atoms with Crippen molar-refractivity contribution in [3.05, 3.63) is 63.4 Å². The lowest BCUT2D eigenvalue weighted by molar-refractivity contribution is 0.101. The Morgan fingerprint density at radius 1 is 1.06 bits per heavy atom. The number of pyridine rings is 1. The molecule has 34 heavy (non-hydrogen) atoms. The quantitative estimate of drug-likeness (QED) is 0.253. The molecule has 2 aromatic rings. The molecule has 0 saturated carbocycles. The first-order chi connectivity index (χ1) is 16.4. The van der Waals surface area contributed by atoms with Crippen molar-refractivity contribution in [2.24, 2.45) is 10.7 Å². The number of hydrogen-bond acceptors (Lipinski definition) is 5. The number of rotatable bonds is 12. The van der Waals surface area contributed by atoms with Gasteiger partial charge >= 0.3 is 0 Å². The molecule has 1 aromatic carbocycles. The van der Waals surface area contributed by atoms with Crippen LogP contribution in [0.15, 0.2) is 47.1 Å². The van der Waals surface area contributed by atoms with Crippen LogP contribution in [-0.2, 0) is 6.42 Å². The average molecular weight is 506 g/mol. The van der Waals surface area contributed by atoms with Gasteiger partial charge in [-0.3, -0.25) is 14.8 Å². The van der Waals surface area contributed by atoms with E-state index in [0.717, 1.165) is 42.8 Å². The van der Waals surface area contributed by atoms with E-state index >= 15 is 0 Å². The van der Waals surface area contributed by atoms with Crippen molar-refractivity contribution >= 4 is 35.2 Å². The molecule has 2 rings (SSSR count). The fourth-order valence-corrected chi connectivity index (χ4v) is 3.90. The zero-order valence-electron chi connectivity index (χ0n) is 21.1. The molecule has 7 heteroatoms. The van der Waals surface area contributed by atoms with E-state index < -0.39 is 0 Å². The first-order valence-electron chi connectivity index (χ1n) is 12.0. The van der Waals surface area contributed by atoms with E-state index in [9.17, 15) is 4.79 Å². The van der Waals surface area contributed by atoms with E-state index in [-0.39, 0.29) is 5.78 Å². The van der Waals surface area contributed by atoms with Gasteiger partial charge in [-0.1, -0.05) is 50.9 Å². The number of benzene rings is 1. The van der Waals surface area contributed by atoms with Crippen LogP contribution in [0.2, 0.25) is 10.0 Å². The molecule has 5 nitrogen and oxygen atoms in total. The molecule has 0 radical (unpaired) electrons. The van der Waals surface area contributed by atoms with Crippen molar-refractivity contribution in [2.75, 3.05) is 26.2 Å². The van der Waals surface area contributed by atoms with Gasteiger partial charge in [-0.2, -0.15) is 0 Å². The number of hydrogen-bond donors (Lipinski definition) is 1. The summed E-state index contributed by atoms with van der Waals surface area (Å²) in [7, 11) is 0. The van der Waals surface area contributed by atoms with Crippen LogP contribution in [0.1, 0.15) is 63.5 Å². The van der Waals surface area contributed by atoms with Crippen molar-refractivity contribution in [3.8, 4) is 11.3 Å². The Morgan fingerprint density at radius 2 is 1.68 bits per heavy atom. The molecule has 0 spiro atoms. The fourth-order valence-electron chi connectivity index (χ4n) is 3.37. The van der Waals surface area contributed by atoms with Crippen molar-refractivity contribution in [1.29, 1.82) is 0 Å². The van der Waals surface area contributed by atoms with Gasteiger partial charge in [0.15, 0.2) is 5.78 Å². The molecule has 186 valence electrons. The number of ketones is 1. The van der Waals surface area contributed by atoms with Gasteiger partial charge in [0.1, 0.15) is 0 Å². The minimum Gasteiger partial charge on any atom is -0.377 e. The van der Waals surface area contributed by atoms with Gasteiger partial charge in [0.05, 0.1) is 12.2 Å². The number of halogens is 2. The summed E-state index contributed by atoms with van der Waals surface area (Å²) in [6.45, 7) is 12.9. The van der Waals surface area contributed by atoms with Crippen LogP contribution in [0.4, 0.5) is 0 Å². The number of allylic oxidation sites excluding steroid dienone is 1. The molecule has 0 aliphatic rings. The number of carbonyl (C=O) groups is 1. The summed E-state index contributed by atoms with van der Waals surface area (Å²) in [5, 5.41) is 1.04. The summed E-state index contributed by atoms with van der Waals surface area (Å²) in [5.41, 5.74) is 9.44. The first-order valence-corrected chi connectivity index (χ1v) is 12.7. The van der Waals surface area contributed by atoms with E-state index in [2.05, 4.69) is 29.9 Å². The van der Waals surface area contributed by atoms with Crippen LogP contribution < -0.4 is 5.73 Å². The highest BCUT2D eigenvalue weighted by molar-refractivity contribution is 6.35. The average Bonchev–Trinajstić information content (AvgIpc) is 2.80. The third-order valence-electron chi connectivity index (χ3n) is 4.71. The smallest absolute Gasteiger partial charge is 0.159 e. The minimum atomic E-state index is -0.0241. The lowest BCUT2D eigenvalue weighted by Gasteiger charge is -2.20. The monoisotopic (exact) mass is 504 g/mol. The van der Waals surface area contributed by atoms with E-state index in [4.69, 9.17) is 33.9 Å². The number of Topliss-reactive ketones (excluding diaryl/α,β-unsaturated/α-hetero) is 1. The molecule has 0 amide bonds. The predicted octanol–water partition coefficient (Wildman–Crippen LogP) is 6.86. The summed E-state index contributed by atoms with van der Waals surface area (Å²) in [4.78, 5) is 23.8. The number of nitrogens with two attached hydrogens (primary N) is 1. The topological polar surface area (TPSA) is 71.6 Å². The summed E-state index contributed by atoms with van der Waals surface area (Å²) >= 11 is 12.4. The van der Waals surface area contributed by atoms with Gasteiger partial charge in [-0.05, 0) is 55.7 Å². The Morgan fingerprint density at radius 3 is 2.21 bits per heavy atom. The zero-order chi connectivity index (χ0) is 25.5. The molecule has 0 saturated heterocycles. The van der Waals surface area contributed by atoms with E-state index in [1.54, 1.807) is 31.2 Å². The Bertz CT molecular complexity index is 947. The molecule has 1 heterocycles. The van der Waals surface area contributed by atoms with Crippen molar-refractivity contribution in [3.63, 3.8) is 0 Å². The molecule has 0 unspecified atom stereocenters. The second-order valence-electron chi connectivity index (χ2n) is 7.69. The van der Waals surface area contributed by atoms with Crippen LogP contribution >= 0.6 is 23.2 Å². The molecule has 0 aliphatic heterocycles. The standard InChI is InChI=1S/C25H32Cl2N4O.C2H6/c1-4-8-31(9-5-2)17-19(16-29-7-6-28)10-24-13-20(18(3)32)14-25(30-24)21-11-22(26)15-23(27)12-21;1-2/h11-17H,4-10,28H2,1-3H3;1-2H3/b19-17-,29-16?;. The number of carbonyl (C=O) groups excluding carboxylic acids is 1. The first kappa shape index (κ1) is 29.8. The van der Waals surface area contributed by atoms with Crippen LogP contribution in [0, 0.1) is 0 Å². The third-order valence-corrected chi connectivity index (χ3v) is 5.15. The highest BCUT2D eigenvalue weighted by Gasteiger charge is 2.11. The van der Waals surface area contributed by atoms with Gasteiger partial charge in [0, 0.05) is 65.3 Å². The number of nitrogens with zero attached hydrogens (tertiary/aromatic N) is 3. The van der Waals surface area contributed by atoms with Gasteiger partial charge in [-0.15, -0.1) is 0 Å². The maximum absolute atomic E-state index is 12.2. The second kappa shape index (κ2) is 16.4. The third kappa shape index (κ3) is 10.4. The lowest BCUT2D eigenvalue weighted by atomic mass is 10.0. The summed E-state index contributed by atoms with van der Waals surface area (Å²) < 4.78 is 0. The lowest BCUT2D eigenvalue weighted by Crippen LogP contribution is -2.20. The Hall–Kier alpha value is -2.21. The predicted molar refractivity (Wildman–Crippen MR) is 147 cm³/mol. The maximum Gasteiger partial charge on any atom is 0.159 e. The van der Waals surface area contributed by atoms with Gasteiger partial charge < -0.3 is 10.6 Å². The molecule has 1 aromatic heterocycles. The van der Waals surface area contributed by atoms with E-state index in [0.29, 0.717) is 40.8 Å². The largest absolute Gasteiger partial charge is 0.377 e. The van der Waals surface area contributed by atoms with Crippen LogP contribution in [0.3, 0.4) is 0 Å². The minimum absolute atomic E-state index is 0.0241. The molecule has 0 fully saturated rings. The molecule has 2 N–H and O–H groups in total. The SMILES string of the molecule is CC.CCCN(/C=C(\C=NCCN)Cc1cc(C(C)=O)cc(-c2cc(Cl)cc(Cl)c2)n1)CCC. The summed E-state index contributed by atoms with van der Waals surface area (Å²) in [6, 6.07) is 8.89. The Kier molecular flexibility index (Phi) is 14.4. The van der Waals surface area contributed by atoms with Gasteiger partial charge in [0.2, 0.25) is 0 Å². The molecular weight excluding hydrogens is 467 g/mol. The van der Waals surface area contributed by atoms with E-state index in [1.165, 1.54) is 0 Å². The summed E-state index contributed by atoms with van der Waals surface area (Å²) in [6.07, 6.45) is 6.66. The molecule has 0 bridgehead atoms. The van der Waals surface area contributed by atoms with Gasteiger partial charge in [0.25, 0.3) is 0 Å². The number of aliphatic imine (C=N–C) groups is 1. The fraction of sp³-hybridized carbons (Fsp3) is 0.444. The van der Waals surface area contributed by atoms with Crippen molar-refractivity contribution < 1.29 is 4.79 Å². The molecule has 0 aliphatic carbocycles. The van der Waals surface area contributed by atoms with Crippen LogP contribution in [0.5, 0.6) is 0 Å². The highest BCUT2D eigenvalue weighted by atomic mass is 35.5. The van der Waals surface area contributed by atoms with Crippen molar-refractivity contribution in [1.82, 2.24) is 9.88 Å². The Labute approximate surface area is 215 Å². The normalized spacial score (nSPS) is 11.4. The summed E-state index contributed by atoms with van der Waals surface area (Å²) in [5.74, 6) is -0.0241. The highest BCUT2D eigenvalue weighted by Crippen LogP contribution is 2.27. The zero-order valence-corrected chi connectivity index (χ0v) is 22.6.